The van der Waals surface area contributed by atoms with E-state index in [-0.39, 0.29) is 6.03 Å². The molecule has 0 fully saturated rings. The number of urea groups is 1. The zero-order chi connectivity index (χ0) is 18.2. The van der Waals surface area contributed by atoms with Gasteiger partial charge in [0.25, 0.3) is 0 Å². The number of nitrogens with one attached hydrogen (secondary N) is 2. The predicted octanol–water partition coefficient (Wildman–Crippen LogP) is 4.73. The summed E-state index contributed by atoms with van der Waals surface area (Å²) in [6, 6.07) is 25.6. The van der Waals surface area contributed by atoms with Crippen LogP contribution < -0.4 is 15.4 Å². The molecule has 0 heterocycles. The smallest absolute Gasteiger partial charge is 0.319 e. The molecule has 0 atom stereocenters. The van der Waals surface area contributed by atoms with E-state index in [4.69, 9.17) is 4.74 Å². The number of rotatable bonds is 6. The van der Waals surface area contributed by atoms with Crippen molar-refractivity contribution in [2.45, 2.75) is 6.42 Å². The summed E-state index contributed by atoms with van der Waals surface area (Å²) in [7, 11) is 1.65. The molecule has 0 saturated carbocycles. The molecule has 0 unspecified atom stereocenters. The predicted molar refractivity (Wildman–Crippen MR) is 106 cm³/mol. The van der Waals surface area contributed by atoms with E-state index in [9.17, 15) is 4.79 Å². The van der Waals surface area contributed by atoms with Gasteiger partial charge < -0.3 is 15.4 Å². The van der Waals surface area contributed by atoms with Crippen LogP contribution in [0.15, 0.2) is 78.9 Å². The molecule has 0 saturated heterocycles. The number of carbonyl (C=O) groups is 1. The fourth-order valence-electron chi connectivity index (χ4n) is 2.70. The lowest BCUT2D eigenvalue weighted by Gasteiger charge is -2.09. The molecule has 2 N–H and O–H groups in total. The van der Waals surface area contributed by atoms with Crippen molar-refractivity contribution in [1.29, 1.82) is 0 Å². The monoisotopic (exact) mass is 346 g/mol. The number of benzene rings is 3. The topological polar surface area (TPSA) is 50.4 Å². The van der Waals surface area contributed by atoms with Crippen molar-refractivity contribution >= 4 is 11.7 Å². The van der Waals surface area contributed by atoms with Crippen LogP contribution >= 0.6 is 0 Å². The Balaban J connectivity index is 1.48. The van der Waals surface area contributed by atoms with Crippen molar-refractivity contribution in [1.82, 2.24) is 5.32 Å². The minimum absolute atomic E-state index is 0.208. The molecule has 2 amide bonds. The summed E-state index contributed by atoms with van der Waals surface area (Å²) in [4.78, 5) is 12.0. The maximum absolute atomic E-state index is 12.0. The number of hydrogen-bond donors (Lipinski definition) is 2. The molecular weight excluding hydrogens is 324 g/mol. The van der Waals surface area contributed by atoms with Gasteiger partial charge in [-0.2, -0.15) is 0 Å². The number of hydrogen-bond acceptors (Lipinski definition) is 2. The number of carbonyl (C=O) groups excluding carboxylic acids is 1. The Morgan fingerprint density at radius 3 is 2.35 bits per heavy atom. The summed E-state index contributed by atoms with van der Waals surface area (Å²) in [6.45, 7) is 0.557. The highest BCUT2D eigenvalue weighted by Crippen LogP contribution is 2.20. The highest BCUT2D eigenvalue weighted by molar-refractivity contribution is 5.89. The Hall–Kier alpha value is -3.27. The zero-order valence-corrected chi connectivity index (χ0v) is 14.7. The molecule has 3 aromatic carbocycles. The first kappa shape index (κ1) is 17.5. The van der Waals surface area contributed by atoms with Gasteiger partial charge in [0, 0.05) is 12.2 Å². The van der Waals surface area contributed by atoms with E-state index in [1.54, 1.807) is 7.11 Å². The number of amides is 2. The van der Waals surface area contributed by atoms with Crippen molar-refractivity contribution < 1.29 is 9.53 Å². The van der Waals surface area contributed by atoms with E-state index < -0.39 is 0 Å². The van der Waals surface area contributed by atoms with Crippen LogP contribution in [-0.4, -0.2) is 19.7 Å². The van der Waals surface area contributed by atoms with Crippen molar-refractivity contribution in [3.63, 3.8) is 0 Å². The third-order valence-electron chi connectivity index (χ3n) is 4.08. The van der Waals surface area contributed by atoms with Gasteiger partial charge in [-0.1, -0.05) is 54.6 Å². The Kier molecular flexibility index (Phi) is 5.88. The van der Waals surface area contributed by atoms with Crippen LogP contribution in [0.3, 0.4) is 0 Å². The largest absolute Gasteiger partial charge is 0.497 e. The summed E-state index contributed by atoms with van der Waals surface area (Å²) < 4.78 is 5.20. The van der Waals surface area contributed by atoms with E-state index in [2.05, 4.69) is 22.8 Å². The van der Waals surface area contributed by atoms with Gasteiger partial charge in [0.2, 0.25) is 0 Å². The lowest BCUT2D eigenvalue weighted by Crippen LogP contribution is -2.30. The van der Waals surface area contributed by atoms with Crippen LogP contribution in [-0.2, 0) is 6.42 Å². The third-order valence-corrected chi connectivity index (χ3v) is 4.08. The summed E-state index contributed by atoms with van der Waals surface area (Å²) in [5.74, 6) is 0.824. The molecule has 26 heavy (non-hydrogen) atoms. The standard InChI is InChI=1S/C22H22N2O2/c1-26-21-9-5-6-17(16-21)14-15-23-22(25)24-20-12-10-19(11-13-20)18-7-3-2-4-8-18/h2-13,16H,14-15H2,1H3,(H2,23,24,25). The normalized spacial score (nSPS) is 10.2. The van der Waals surface area contributed by atoms with Gasteiger partial charge in [0.1, 0.15) is 5.75 Å². The van der Waals surface area contributed by atoms with Crippen molar-refractivity contribution in [2.75, 3.05) is 19.0 Å². The van der Waals surface area contributed by atoms with E-state index in [1.807, 2.05) is 66.7 Å². The van der Waals surface area contributed by atoms with Crippen LogP contribution in [0.1, 0.15) is 5.56 Å². The molecule has 0 bridgehead atoms. The Bertz CT molecular complexity index is 846. The van der Waals surface area contributed by atoms with E-state index in [0.717, 1.165) is 34.5 Å². The summed E-state index contributed by atoms with van der Waals surface area (Å²) in [6.07, 6.45) is 0.748. The number of methoxy groups -OCH3 is 1. The highest BCUT2D eigenvalue weighted by Gasteiger charge is 2.03. The molecule has 4 nitrogen and oxygen atoms in total. The second-order valence-electron chi connectivity index (χ2n) is 5.93. The summed E-state index contributed by atoms with van der Waals surface area (Å²) >= 11 is 0. The first-order chi connectivity index (χ1) is 12.7. The fourth-order valence-corrected chi connectivity index (χ4v) is 2.70. The lowest BCUT2D eigenvalue weighted by atomic mass is 10.1. The van der Waals surface area contributed by atoms with E-state index in [0.29, 0.717) is 6.54 Å². The molecule has 4 heteroatoms. The average Bonchev–Trinajstić information content (AvgIpc) is 2.69. The number of anilines is 1. The quantitative estimate of drug-likeness (QED) is 0.678. The summed E-state index contributed by atoms with van der Waals surface area (Å²) in [5, 5.41) is 5.73. The van der Waals surface area contributed by atoms with Crippen molar-refractivity contribution in [3.8, 4) is 16.9 Å². The van der Waals surface area contributed by atoms with Crippen LogP contribution in [0.5, 0.6) is 5.75 Å². The second kappa shape index (κ2) is 8.72. The van der Waals surface area contributed by atoms with Gasteiger partial charge >= 0.3 is 6.03 Å². The molecule has 0 aromatic heterocycles. The zero-order valence-electron chi connectivity index (χ0n) is 14.7. The molecule has 0 radical (unpaired) electrons. The minimum atomic E-state index is -0.208. The Labute approximate surface area is 153 Å². The van der Waals surface area contributed by atoms with Gasteiger partial charge in [-0.3, -0.25) is 0 Å². The average molecular weight is 346 g/mol. The molecule has 0 aliphatic carbocycles. The highest BCUT2D eigenvalue weighted by atomic mass is 16.5. The Morgan fingerprint density at radius 2 is 1.62 bits per heavy atom. The number of ether oxygens (including phenoxy) is 1. The van der Waals surface area contributed by atoms with Gasteiger partial charge in [-0.25, -0.2) is 4.79 Å². The fraction of sp³-hybridized carbons (Fsp3) is 0.136. The first-order valence-corrected chi connectivity index (χ1v) is 8.58. The third kappa shape index (κ3) is 4.86. The molecule has 0 aliphatic rings. The molecule has 3 aromatic rings. The molecule has 0 aliphatic heterocycles. The molecule has 0 spiro atoms. The van der Waals surface area contributed by atoms with Gasteiger partial charge in [-0.05, 0) is 47.4 Å². The summed E-state index contributed by atoms with van der Waals surface area (Å²) in [5.41, 5.74) is 4.16. The lowest BCUT2D eigenvalue weighted by molar-refractivity contribution is 0.252. The van der Waals surface area contributed by atoms with Crippen LogP contribution in [0.2, 0.25) is 0 Å². The minimum Gasteiger partial charge on any atom is -0.497 e. The maximum atomic E-state index is 12.0. The first-order valence-electron chi connectivity index (χ1n) is 8.58. The molecule has 132 valence electrons. The second-order valence-corrected chi connectivity index (χ2v) is 5.93. The molecular formula is C22H22N2O2. The van der Waals surface area contributed by atoms with Gasteiger partial charge in [-0.15, -0.1) is 0 Å². The van der Waals surface area contributed by atoms with Crippen LogP contribution in [0, 0.1) is 0 Å². The van der Waals surface area contributed by atoms with Gasteiger partial charge in [0.05, 0.1) is 7.11 Å². The van der Waals surface area contributed by atoms with Crippen molar-refractivity contribution in [3.05, 3.63) is 84.4 Å². The van der Waals surface area contributed by atoms with E-state index >= 15 is 0 Å². The Morgan fingerprint density at radius 1 is 0.885 bits per heavy atom. The van der Waals surface area contributed by atoms with Crippen molar-refractivity contribution in [2.24, 2.45) is 0 Å². The molecule has 3 rings (SSSR count). The van der Waals surface area contributed by atoms with E-state index in [1.165, 1.54) is 0 Å². The SMILES string of the molecule is COc1cccc(CCNC(=O)Nc2ccc(-c3ccccc3)cc2)c1. The van der Waals surface area contributed by atoms with Crippen LogP contribution in [0.25, 0.3) is 11.1 Å². The van der Waals surface area contributed by atoms with Gasteiger partial charge in [0.15, 0.2) is 0 Å². The maximum Gasteiger partial charge on any atom is 0.319 e. The van der Waals surface area contributed by atoms with Crippen LogP contribution in [0.4, 0.5) is 10.5 Å².